The number of nitrogens with zero attached hydrogens (tertiary/aromatic N) is 1. The van der Waals surface area contributed by atoms with Crippen LogP contribution < -0.4 is 21.3 Å². The maximum atomic E-state index is 13.3. The summed E-state index contributed by atoms with van der Waals surface area (Å²) in [5.41, 5.74) is 0. The Morgan fingerprint density at radius 2 is 1.57 bits per heavy atom. The van der Waals surface area contributed by atoms with Crippen LogP contribution in [0.5, 0.6) is 0 Å². The summed E-state index contributed by atoms with van der Waals surface area (Å²) >= 11 is 1.44. The maximum absolute atomic E-state index is 13.3. The number of carbonyl (C=O) groups is 6. The average molecular weight is 586 g/mol. The lowest BCUT2D eigenvalue weighted by Gasteiger charge is -2.29. The summed E-state index contributed by atoms with van der Waals surface area (Å²) in [5, 5.41) is 29.6. The Balaban J connectivity index is 2.14. The number of amides is 4. The summed E-state index contributed by atoms with van der Waals surface area (Å²) in [7, 11) is 0. The lowest BCUT2D eigenvalue weighted by atomic mass is 10.0. The smallest absolute Gasteiger partial charge is 0.326 e. The number of hydrogen-bond acceptors (Lipinski definition) is 8. The normalized spacial score (nSPS) is 20.9. The van der Waals surface area contributed by atoms with Gasteiger partial charge in [-0.15, -0.1) is 0 Å². The summed E-state index contributed by atoms with van der Waals surface area (Å²) in [5.74, 6) is -4.00. The van der Waals surface area contributed by atoms with Gasteiger partial charge in [0.15, 0.2) is 0 Å². The van der Waals surface area contributed by atoms with Crippen molar-refractivity contribution in [3.8, 4) is 0 Å². The van der Waals surface area contributed by atoms with Crippen LogP contribution in [0.15, 0.2) is 0 Å². The molecule has 0 unspecified atom stereocenters. The van der Waals surface area contributed by atoms with Gasteiger partial charge in [-0.2, -0.15) is 11.8 Å². The second kappa shape index (κ2) is 16.4. The molecule has 0 radical (unpaired) electrons. The molecule has 40 heavy (non-hydrogen) atoms. The zero-order chi connectivity index (χ0) is 29.8. The van der Waals surface area contributed by atoms with E-state index in [0.29, 0.717) is 31.6 Å². The Morgan fingerprint density at radius 1 is 0.925 bits per heavy atom. The van der Waals surface area contributed by atoms with E-state index < -0.39 is 60.2 Å². The van der Waals surface area contributed by atoms with Crippen LogP contribution in [0.1, 0.15) is 65.2 Å². The molecule has 14 heteroatoms. The van der Waals surface area contributed by atoms with E-state index in [0.717, 1.165) is 13.0 Å². The van der Waals surface area contributed by atoms with Crippen molar-refractivity contribution in [2.75, 3.05) is 25.1 Å². The molecule has 0 aromatic carbocycles. The highest BCUT2D eigenvalue weighted by Crippen LogP contribution is 2.21. The van der Waals surface area contributed by atoms with Crippen LogP contribution in [0.25, 0.3) is 0 Å². The fourth-order valence-electron chi connectivity index (χ4n) is 4.95. The molecule has 13 nitrogen and oxygen atoms in total. The van der Waals surface area contributed by atoms with E-state index in [1.165, 1.54) is 16.7 Å². The van der Waals surface area contributed by atoms with Gasteiger partial charge in [0.2, 0.25) is 23.6 Å². The van der Waals surface area contributed by atoms with Gasteiger partial charge in [0.05, 0.1) is 6.04 Å². The van der Waals surface area contributed by atoms with Crippen LogP contribution in [0.2, 0.25) is 0 Å². The summed E-state index contributed by atoms with van der Waals surface area (Å²) in [6.07, 6.45) is 4.19. The first-order valence-corrected chi connectivity index (χ1v) is 15.2. The molecule has 0 saturated carbocycles. The Labute approximate surface area is 238 Å². The SMILES string of the molecule is CSCC[C@H](NC(=O)[C@H](CCC(=O)O)NC(=O)[C@@H]1CCCN1C(=O)[C@@H]1CCCN1)C(=O)N[C@@H](CC(C)C)C(=O)O. The molecule has 5 atom stereocenters. The Kier molecular flexibility index (Phi) is 13.7. The standard InChI is InChI=1S/C26H43N5O8S/c1-15(2)14-19(26(38)39)30-23(35)17(10-13-40-3)28-22(34)16(8-9-21(32)33)29-24(36)20-7-5-12-31(20)25(37)18-6-4-11-27-18/h15-20,27H,4-14H2,1-3H3,(H,28,34)(H,29,36)(H,30,35)(H,32,33)(H,38,39)/t16-,17-,18-,19-,20-/m0/s1. The monoisotopic (exact) mass is 585 g/mol. The number of thioether (sulfide) groups is 1. The Morgan fingerprint density at radius 3 is 2.12 bits per heavy atom. The highest BCUT2D eigenvalue weighted by atomic mass is 32.2. The van der Waals surface area contributed by atoms with Gasteiger partial charge in [-0.05, 0) is 69.4 Å². The van der Waals surface area contributed by atoms with Crippen molar-refractivity contribution in [2.24, 2.45) is 5.92 Å². The van der Waals surface area contributed by atoms with Crippen LogP contribution in [0, 0.1) is 5.92 Å². The van der Waals surface area contributed by atoms with Crippen molar-refractivity contribution in [3.05, 3.63) is 0 Å². The maximum Gasteiger partial charge on any atom is 0.326 e. The van der Waals surface area contributed by atoms with Gasteiger partial charge in [0.25, 0.3) is 0 Å². The first-order chi connectivity index (χ1) is 18.9. The molecule has 0 aliphatic carbocycles. The molecule has 2 aliphatic heterocycles. The third-order valence-corrected chi connectivity index (χ3v) is 7.69. The molecule has 2 saturated heterocycles. The van der Waals surface area contributed by atoms with Crippen LogP contribution in [-0.4, -0.2) is 106 Å². The fourth-order valence-corrected chi connectivity index (χ4v) is 5.42. The van der Waals surface area contributed by atoms with E-state index in [1.807, 2.05) is 20.1 Å². The highest BCUT2D eigenvalue weighted by molar-refractivity contribution is 7.98. The van der Waals surface area contributed by atoms with Gasteiger partial charge >= 0.3 is 11.9 Å². The molecule has 2 fully saturated rings. The first-order valence-electron chi connectivity index (χ1n) is 13.8. The van der Waals surface area contributed by atoms with E-state index >= 15 is 0 Å². The first kappa shape index (κ1) is 33.3. The summed E-state index contributed by atoms with van der Waals surface area (Å²) in [4.78, 5) is 77.0. The predicted molar refractivity (Wildman–Crippen MR) is 149 cm³/mol. The number of hydrogen-bond donors (Lipinski definition) is 6. The molecular formula is C26H43N5O8S. The van der Waals surface area contributed by atoms with Crippen LogP contribution in [0.3, 0.4) is 0 Å². The van der Waals surface area contributed by atoms with Crippen molar-refractivity contribution in [1.29, 1.82) is 0 Å². The van der Waals surface area contributed by atoms with Gasteiger partial charge in [-0.3, -0.25) is 24.0 Å². The molecule has 226 valence electrons. The molecule has 4 amide bonds. The van der Waals surface area contributed by atoms with Gasteiger partial charge < -0.3 is 36.4 Å². The van der Waals surface area contributed by atoms with E-state index in [1.54, 1.807) is 0 Å². The van der Waals surface area contributed by atoms with E-state index in [2.05, 4.69) is 21.3 Å². The number of likely N-dealkylation sites (tertiary alicyclic amines) is 1. The minimum atomic E-state index is -1.26. The number of rotatable bonds is 16. The third kappa shape index (κ3) is 10.3. The summed E-state index contributed by atoms with van der Waals surface area (Å²) in [6.45, 7) is 4.80. The average Bonchev–Trinajstić information content (AvgIpc) is 3.60. The van der Waals surface area contributed by atoms with Crippen LogP contribution >= 0.6 is 11.8 Å². The van der Waals surface area contributed by atoms with Crippen molar-refractivity contribution in [1.82, 2.24) is 26.2 Å². The van der Waals surface area contributed by atoms with Crippen LogP contribution in [0.4, 0.5) is 0 Å². The van der Waals surface area contributed by atoms with Gasteiger partial charge in [0, 0.05) is 13.0 Å². The molecule has 2 aliphatic rings. The molecule has 6 N–H and O–H groups in total. The summed E-state index contributed by atoms with van der Waals surface area (Å²) < 4.78 is 0. The highest BCUT2D eigenvalue weighted by Gasteiger charge is 2.39. The minimum Gasteiger partial charge on any atom is -0.481 e. The van der Waals surface area contributed by atoms with Crippen molar-refractivity contribution >= 4 is 47.3 Å². The number of carbonyl (C=O) groups excluding carboxylic acids is 4. The van der Waals surface area contributed by atoms with Gasteiger partial charge in [-0.25, -0.2) is 4.79 Å². The van der Waals surface area contributed by atoms with Crippen LogP contribution in [-0.2, 0) is 28.8 Å². The molecule has 2 heterocycles. The lowest BCUT2D eigenvalue weighted by molar-refractivity contribution is -0.143. The second-order valence-electron chi connectivity index (χ2n) is 10.7. The Bertz CT molecular complexity index is 927. The van der Waals surface area contributed by atoms with Crippen molar-refractivity contribution in [2.45, 2.75) is 95.4 Å². The lowest BCUT2D eigenvalue weighted by Crippen LogP contribution is -2.58. The van der Waals surface area contributed by atoms with E-state index in [4.69, 9.17) is 0 Å². The quantitative estimate of drug-likeness (QED) is 0.143. The van der Waals surface area contributed by atoms with Gasteiger partial charge in [0.1, 0.15) is 24.2 Å². The van der Waals surface area contributed by atoms with Crippen molar-refractivity contribution in [3.63, 3.8) is 0 Å². The summed E-state index contributed by atoms with van der Waals surface area (Å²) in [6, 6.07) is -4.61. The molecule has 0 bridgehead atoms. The molecule has 0 aromatic heterocycles. The number of aliphatic carboxylic acids is 2. The topological polar surface area (TPSA) is 194 Å². The largest absolute Gasteiger partial charge is 0.481 e. The minimum absolute atomic E-state index is 0.00253. The zero-order valence-corrected chi connectivity index (χ0v) is 24.3. The van der Waals surface area contributed by atoms with E-state index in [9.17, 15) is 39.0 Å². The fraction of sp³-hybridized carbons (Fsp3) is 0.769. The second-order valence-corrected chi connectivity index (χ2v) is 11.7. The number of nitrogens with one attached hydrogen (secondary N) is 4. The Hall–Kier alpha value is -2.87. The van der Waals surface area contributed by atoms with E-state index in [-0.39, 0.29) is 37.1 Å². The third-order valence-electron chi connectivity index (χ3n) is 7.04. The number of carboxylic acid groups (broad SMARTS) is 2. The zero-order valence-electron chi connectivity index (χ0n) is 23.4. The molecule has 0 spiro atoms. The predicted octanol–water partition coefficient (Wildman–Crippen LogP) is -0.0676. The molecule has 0 aromatic rings. The molecule has 2 rings (SSSR count). The number of carboxylic acids is 2. The van der Waals surface area contributed by atoms with Gasteiger partial charge in [-0.1, -0.05) is 13.8 Å². The molecular weight excluding hydrogens is 542 g/mol. The van der Waals surface area contributed by atoms with Crippen molar-refractivity contribution < 1.29 is 39.0 Å².